The lowest BCUT2D eigenvalue weighted by Crippen LogP contribution is -2.14. The van der Waals surface area contributed by atoms with Gasteiger partial charge in [0.1, 0.15) is 0 Å². The summed E-state index contributed by atoms with van der Waals surface area (Å²) in [4.78, 5) is 0. The third-order valence-corrected chi connectivity index (χ3v) is 7.54. The minimum atomic E-state index is -0.849. The van der Waals surface area contributed by atoms with Gasteiger partial charge in [0.25, 0.3) is 0 Å². The van der Waals surface area contributed by atoms with Crippen LogP contribution in [0.1, 0.15) is 80.5 Å². The van der Waals surface area contributed by atoms with Crippen LogP contribution >= 0.6 is 0 Å². The number of rotatable bonds is 8. The fourth-order valence-corrected chi connectivity index (χ4v) is 5.18. The molecule has 0 aliphatic heterocycles. The summed E-state index contributed by atoms with van der Waals surface area (Å²) in [6.45, 7) is 4.08. The fraction of sp³-hybridized carbons (Fsp3) is 0.375. The molecule has 0 aromatic heterocycles. The van der Waals surface area contributed by atoms with Crippen molar-refractivity contribution >= 4 is 6.08 Å². The van der Waals surface area contributed by atoms with E-state index in [0.29, 0.717) is 23.1 Å². The van der Waals surface area contributed by atoms with Crippen LogP contribution in [0.25, 0.3) is 17.2 Å². The van der Waals surface area contributed by atoms with Crippen LogP contribution in [0.5, 0.6) is 0 Å². The molecule has 3 aromatic carbocycles. The van der Waals surface area contributed by atoms with Crippen LogP contribution in [0.15, 0.2) is 54.6 Å². The zero-order valence-electron chi connectivity index (χ0n) is 21.1. The summed E-state index contributed by atoms with van der Waals surface area (Å²) in [5.41, 5.74) is 3.19. The second-order valence-corrected chi connectivity index (χ2v) is 9.90. The highest BCUT2D eigenvalue weighted by Gasteiger charge is 2.25. The van der Waals surface area contributed by atoms with Crippen LogP contribution in [0.3, 0.4) is 0 Å². The number of hydrogen-bond donors (Lipinski definition) is 0. The minimum Gasteiger partial charge on any atom is -0.203 e. The van der Waals surface area contributed by atoms with E-state index in [-0.39, 0.29) is 23.0 Å². The molecule has 0 heterocycles. The first-order valence-electron chi connectivity index (χ1n) is 13.1. The van der Waals surface area contributed by atoms with Gasteiger partial charge in [0.2, 0.25) is 0 Å². The van der Waals surface area contributed by atoms with Gasteiger partial charge < -0.3 is 0 Å². The first kappa shape index (κ1) is 26.2. The van der Waals surface area contributed by atoms with Gasteiger partial charge in [-0.1, -0.05) is 81.0 Å². The van der Waals surface area contributed by atoms with Crippen molar-refractivity contribution in [2.45, 2.75) is 71.1 Å². The van der Waals surface area contributed by atoms with E-state index in [4.69, 9.17) is 0 Å². The van der Waals surface area contributed by atoms with E-state index in [1.165, 1.54) is 0 Å². The molecular weight excluding hydrogens is 460 g/mol. The molecule has 0 bridgehead atoms. The second kappa shape index (κ2) is 11.9. The molecule has 0 nitrogen and oxygen atoms in total. The molecule has 4 rings (SSSR count). The average Bonchev–Trinajstić information content (AvgIpc) is 2.91. The molecular formula is C32H34F4. The first-order valence-corrected chi connectivity index (χ1v) is 13.1. The minimum absolute atomic E-state index is 0.0167. The molecule has 0 unspecified atom stereocenters. The Bertz CT molecular complexity index is 1200. The standard InChI is InChI=1S/C32H34F4/c1-3-5-6-25-17-19-27(31(35)29(25)33)24-14-9-22(10-15-24)11-16-26-18-20-28(32(36)30(26)34)23-12-7-21(4-2)8-13-23/h7-8,11-13,16-20,22,24H,3-6,9-10,14-15H2,1-2H3. The van der Waals surface area contributed by atoms with Crippen LogP contribution in [-0.4, -0.2) is 0 Å². The molecule has 0 amide bonds. The SMILES string of the molecule is CCCCc1ccc(C2CCC(C=Cc3ccc(-c4ccc(CC)cc4)c(F)c3F)CC2)c(F)c1F. The maximum absolute atomic E-state index is 14.8. The van der Waals surface area contributed by atoms with Crippen molar-refractivity contribution in [2.75, 3.05) is 0 Å². The van der Waals surface area contributed by atoms with Crippen molar-refractivity contribution in [1.29, 1.82) is 0 Å². The van der Waals surface area contributed by atoms with Gasteiger partial charge in [-0.25, -0.2) is 17.6 Å². The van der Waals surface area contributed by atoms with Crippen molar-refractivity contribution in [1.82, 2.24) is 0 Å². The zero-order valence-corrected chi connectivity index (χ0v) is 21.1. The summed E-state index contributed by atoms with van der Waals surface area (Å²) in [5.74, 6) is -2.92. The van der Waals surface area contributed by atoms with E-state index in [0.717, 1.165) is 50.5 Å². The molecule has 1 aliphatic carbocycles. The Morgan fingerprint density at radius 1 is 0.750 bits per heavy atom. The summed E-state index contributed by atoms with van der Waals surface area (Å²) < 4.78 is 58.9. The predicted octanol–water partition coefficient (Wildman–Crippen LogP) is 9.80. The van der Waals surface area contributed by atoms with E-state index < -0.39 is 23.3 Å². The Labute approximate surface area is 212 Å². The molecule has 36 heavy (non-hydrogen) atoms. The Balaban J connectivity index is 1.40. The van der Waals surface area contributed by atoms with Crippen molar-refractivity contribution in [3.63, 3.8) is 0 Å². The van der Waals surface area contributed by atoms with Crippen molar-refractivity contribution in [2.24, 2.45) is 5.92 Å². The summed E-state index contributed by atoms with van der Waals surface area (Å²) in [6.07, 6.45) is 9.87. The number of benzene rings is 3. The Morgan fingerprint density at radius 2 is 1.47 bits per heavy atom. The maximum atomic E-state index is 14.8. The molecule has 3 aromatic rings. The third-order valence-electron chi connectivity index (χ3n) is 7.54. The molecule has 4 heteroatoms. The highest BCUT2D eigenvalue weighted by Crippen LogP contribution is 2.38. The van der Waals surface area contributed by atoms with Crippen molar-refractivity contribution in [3.05, 3.63) is 100 Å². The summed E-state index contributed by atoms with van der Waals surface area (Å²) >= 11 is 0. The van der Waals surface area contributed by atoms with E-state index in [1.807, 2.05) is 44.2 Å². The lowest BCUT2D eigenvalue weighted by molar-refractivity contribution is 0.364. The lowest BCUT2D eigenvalue weighted by Gasteiger charge is -2.27. The quantitative estimate of drug-likeness (QED) is 0.273. The van der Waals surface area contributed by atoms with Crippen molar-refractivity contribution < 1.29 is 17.6 Å². The number of aryl methyl sites for hydroxylation is 2. The molecule has 1 fully saturated rings. The number of unbranched alkanes of at least 4 members (excludes halogenated alkanes) is 1. The van der Waals surface area contributed by atoms with E-state index >= 15 is 0 Å². The summed E-state index contributed by atoms with van der Waals surface area (Å²) in [6, 6.07) is 14.2. The topological polar surface area (TPSA) is 0 Å². The molecule has 0 atom stereocenters. The van der Waals surface area contributed by atoms with E-state index in [2.05, 4.69) is 0 Å². The fourth-order valence-electron chi connectivity index (χ4n) is 5.18. The Kier molecular flexibility index (Phi) is 8.66. The Morgan fingerprint density at radius 3 is 2.14 bits per heavy atom. The molecule has 0 N–H and O–H groups in total. The summed E-state index contributed by atoms with van der Waals surface area (Å²) in [5, 5.41) is 0. The van der Waals surface area contributed by atoms with Crippen LogP contribution < -0.4 is 0 Å². The third kappa shape index (κ3) is 5.74. The highest BCUT2D eigenvalue weighted by atomic mass is 19.2. The van der Waals surface area contributed by atoms with Gasteiger partial charge in [-0.15, -0.1) is 0 Å². The number of hydrogen-bond acceptors (Lipinski definition) is 0. The van der Waals surface area contributed by atoms with Crippen LogP contribution in [0.4, 0.5) is 17.6 Å². The normalized spacial score (nSPS) is 18.2. The molecule has 190 valence electrons. The van der Waals surface area contributed by atoms with Crippen molar-refractivity contribution in [3.8, 4) is 11.1 Å². The van der Waals surface area contributed by atoms with Crippen LogP contribution in [0, 0.1) is 29.2 Å². The van der Waals surface area contributed by atoms with Crippen LogP contribution in [0.2, 0.25) is 0 Å². The average molecular weight is 495 g/mol. The first-order chi connectivity index (χ1) is 17.4. The zero-order chi connectivity index (χ0) is 25.7. The van der Waals surface area contributed by atoms with E-state index in [9.17, 15) is 17.6 Å². The molecule has 0 spiro atoms. The molecule has 0 saturated heterocycles. The molecule has 0 radical (unpaired) electrons. The molecule has 1 aliphatic rings. The lowest BCUT2D eigenvalue weighted by atomic mass is 9.78. The van der Waals surface area contributed by atoms with Gasteiger partial charge in [0.15, 0.2) is 23.3 Å². The van der Waals surface area contributed by atoms with Gasteiger partial charge in [0, 0.05) is 11.1 Å². The molecule has 1 saturated carbocycles. The van der Waals surface area contributed by atoms with Crippen LogP contribution in [-0.2, 0) is 12.8 Å². The smallest absolute Gasteiger partial charge is 0.167 e. The maximum Gasteiger partial charge on any atom is 0.167 e. The van der Waals surface area contributed by atoms with Gasteiger partial charge in [-0.05, 0) is 79.0 Å². The van der Waals surface area contributed by atoms with Gasteiger partial charge >= 0.3 is 0 Å². The highest BCUT2D eigenvalue weighted by molar-refractivity contribution is 5.67. The monoisotopic (exact) mass is 494 g/mol. The van der Waals surface area contributed by atoms with E-state index in [1.54, 1.807) is 30.3 Å². The van der Waals surface area contributed by atoms with Gasteiger partial charge in [-0.3, -0.25) is 0 Å². The largest absolute Gasteiger partial charge is 0.203 e. The summed E-state index contributed by atoms with van der Waals surface area (Å²) in [7, 11) is 0. The predicted molar refractivity (Wildman–Crippen MR) is 140 cm³/mol. The van der Waals surface area contributed by atoms with Gasteiger partial charge in [0.05, 0.1) is 0 Å². The second-order valence-electron chi connectivity index (χ2n) is 9.90. The van der Waals surface area contributed by atoms with Gasteiger partial charge in [-0.2, -0.15) is 0 Å². The number of halogens is 4. The number of allylic oxidation sites excluding steroid dienone is 1. The Hall–Kier alpha value is -2.88.